The Kier molecular flexibility index (Phi) is 5.20. The van der Waals surface area contributed by atoms with Gasteiger partial charge in [-0.05, 0) is 51.9 Å². The van der Waals surface area contributed by atoms with Crippen molar-refractivity contribution in [3.8, 4) is 0 Å². The van der Waals surface area contributed by atoms with Crippen LogP contribution in [0.5, 0.6) is 0 Å². The summed E-state index contributed by atoms with van der Waals surface area (Å²) in [5.41, 5.74) is 0. The summed E-state index contributed by atoms with van der Waals surface area (Å²) >= 11 is 0. The molecule has 2 nitrogen and oxygen atoms in total. The van der Waals surface area contributed by atoms with Crippen molar-refractivity contribution in [2.75, 3.05) is 26.2 Å². The number of nitrogens with one attached hydrogen (secondary N) is 1. The fraction of sp³-hybridized carbons (Fsp3) is 0.833. The van der Waals surface area contributed by atoms with E-state index < -0.39 is 0 Å². The van der Waals surface area contributed by atoms with Gasteiger partial charge in [-0.15, -0.1) is 6.58 Å². The predicted octanol–water partition coefficient (Wildman–Crippen LogP) is 1.88. The van der Waals surface area contributed by atoms with Crippen LogP contribution in [0.3, 0.4) is 0 Å². The molecule has 0 bridgehead atoms. The van der Waals surface area contributed by atoms with E-state index in [-0.39, 0.29) is 0 Å². The van der Waals surface area contributed by atoms with E-state index in [2.05, 4.69) is 30.6 Å². The summed E-state index contributed by atoms with van der Waals surface area (Å²) in [5.74, 6) is 0.892. The normalized spacial score (nSPS) is 22.1. The van der Waals surface area contributed by atoms with Gasteiger partial charge in [0.05, 0.1) is 0 Å². The zero-order chi connectivity index (χ0) is 10.4. The van der Waals surface area contributed by atoms with Crippen molar-refractivity contribution in [3.05, 3.63) is 12.7 Å². The van der Waals surface area contributed by atoms with Crippen molar-refractivity contribution in [1.29, 1.82) is 0 Å². The molecule has 1 heterocycles. The van der Waals surface area contributed by atoms with Crippen LogP contribution in [-0.4, -0.2) is 37.1 Å². The van der Waals surface area contributed by atoms with Crippen LogP contribution in [0, 0.1) is 5.92 Å². The molecule has 0 amide bonds. The maximum absolute atomic E-state index is 3.85. The summed E-state index contributed by atoms with van der Waals surface area (Å²) in [5, 5.41) is 3.44. The molecule has 0 saturated carbocycles. The minimum atomic E-state index is 0.551. The zero-order valence-corrected chi connectivity index (χ0v) is 9.63. The Labute approximate surface area is 88.4 Å². The molecule has 1 rings (SSSR count). The number of likely N-dealkylation sites (tertiary alicyclic amines) is 1. The second-order valence-corrected chi connectivity index (χ2v) is 4.26. The predicted molar refractivity (Wildman–Crippen MR) is 62.5 cm³/mol. The van der Waals surface area contributed by atoms with Gasteiger partial charge in [0.25, 0.3) is 0 Å². The first-order chi connectivity index (χ1) is 6.77. The average molecular weight is 196 g/mol. The highest BCUT2D eigenvalue weighted by molar-refractivity contribution is 4.86. The quantitative estimate of drug-likeness (QED) is 0.675. The van der Waals surface area contributed by atoms with Gasteiger partial charge in [-0.2, -0.15) is 0 Å². The standard InChI is InChI=1S/C12H24N2/c1-4-11(3)14-8-6-12(7-9-14)10-13-5-2/h4,11-13H,1,5-10H2,2-3H3. The molecule has 0 aliphatic carbocycles. The Morgan fingerprint density at radius 3 is 2.64 bits per heavy atom. The maximum Gasteiger partial charge on any atom is 0.0247 e. The van der Waals surface area contributed by atoms with Gasteiger partial charge in [0.15, 0.2) is 0 Å². The van der Waals surface area contributed by atoms with Gasteiger partial charge in [0.1, 0.15) is 0 Å². The monoisotopic (exact) mass is 196 g/mol. The van der Waals surface area contributed by atoms with E-state index >= 15 is 0 Å². The third-order valence-electron chi connectivity index (χ3n) is 3.25. The first-order valence-electron chi connectivity index (χ1n) is 5.85. The molecule has 0 spiro atoms. The lowest BCUT2D eigenvalue weighted by atomic mass is 9.96. The molecule has 1 fully saturated rings. The average Bonchev–Trinajstić information content (AvgIpc) is 2.26. The SMILES string of the molecule is C=CC(C)N1CCC(CNCC)CC1. The molecule has 1 unspecified atom stereocenters. The molecule has 0 aromatic carbocycles. The van der Waals surface area contributed by atoms with E-state index in [1.165, 1.54) is 32.5 Å². The Hall–Kier alpha value is -0.340. The molecule has 1 aliphatic rings. The molecule has 1 aliphatic heterocycles. The number of hydrogen-bond donors (Lipinski definition) is 1. The highest BCUT2D eigenvalue weighted by atomic mass is 15.2. The summed E-state index contributed by atoms with van der Waals surface area (Å²) in [6, 6.07) is 0.551. The molecule has 1 N–H and O–H groups in total. The van der Waals surface area contributed by atoms with Gasteiger partial charge in [0.2, 0.25) is 0 Å². The summed E-state index contributed by atoms with van der Waals surface area (Å²) in [6.07, 6.45) is 4.72. The molecular formula is C12H24N2. The van der Waals surface area contributed by atoms with E-state index in [1.807, 2.05) is 6.08 Å². The Morgan fingerprint density at radius 1 is 1.50 bits per heavy atom. The minimum absolute atomic E-state index is 0.551. The molecule has 1 atom stereocenters. The molecular weight excluding hydrogens is 172 g/mol. The van der Waals surface area contributed by atoms with Gasteiger partial charge in [0, 0.05) is 6.04 Å². The van der Waals surface area contributed by atoms with Crippen molar-refractivity contribution < 1.29 is 0 Å². The van der Waals surface area contributed by atoms with Crippen molar-refractivity contribution in [2.45, 2.75) is 32.7 Å². The van der Waals surface area contributed by atoms with Crippen LogP contribution in [0.25, 0.3) is 0 Å². The summed E-state index contributed by atoms with van der Waals surface area (Å²) in [6.45, 7) is 13.0. The third-order valence-corrected chi connectivity index (χ3v) is 3.25. The lowest BCUT2D eigenvalue weighted by Crippen LogP contribution is -2.41. The molecule has 0 aromatic rings. The largest absolute Gasteiger partial charge is 0.317 e. The highest BCUT2D eigenvalue weighted by Crippen LogP contribution is 2.18. The lowest BCUT2D eigenvalue weighted by Gasteiger charge is -2.34. The Balaban J connectivity index is 2.20. The van der Waals surface area contributed by atoms with Crippen molar-refractivity contribution in [2.24, 2.45) is 5.92 Å². The van der Waals surface area contributed by atoms with Crippen LogP contribution < -0.4 is 5.32 Å². The van der Waals surface area contributed by atoms with Crippen molar-refractivity contribution >= 4 is 0 Å². The van der Waals surface area contributed by atoms with Gasteiger partial charge in [-0.3, -0.25) is 4.90 Å². The second kappa shape index (κ2) is 6.20. The van der Waals surface area contributed by atoms with Crippen LogP contribution in [0.2, 0.25) is 0 Å². The molecule has 0 radical (unpaired) electrons. The number of hydrogen-bond acceptors (Lipinski definition) is 2. The Bertz CT molecular complexity index is 160. The number of rotatable bonds is 5. The van der Waals surface area contributed by atoms with Crippen LogP contribution in [0.4, 0.5) is 0 Å². The first kappa shape index (κ1) is 11.7. The lowest BCUT2D eigenvalue weighted by molar-refractivity contribution is 0.161. The van der Waals surface area contributed by atoms with Crippen LogP contribution in [0.1, 0.15) is 26.7 Å². The summed E-state index contributed by atoms with van der Waals surface area (Å²) < 4.78 is 0. The van der Waals surface area contributed by atoms with Crippen molar-refractivity contribution in [3.63, 3.8) is 0 Å². The second-order valence-electron chi connectivity index (χ2n) is 4.26. The Morgan fingerprint density at radius 2 is 2.14 bits per heavy atom. The van der Waals surface area contributed by atoms with Gasteiger partial charge in [-0.1, -0.05) is 13.0 Å². The minimum Gasteiger partial charge on any atom is -0.317 e. The van der Waals surface area contributed by atoms with Gasteiger partial charge in [-0.25, -0.2) is 0 Å². The van der Waals surface area contributed by atoms with Gasteiger partial charge < -0.3 is 5.32 Å². The smallest absolute Gasteiger partial charge is 0.0247 e. The molecule has 1 saturated heterocycles. The van der Waals surface area contributed by atoms with E-state index in [1.54, 1.807) is 0 Å². The maximum atomic E-state index is 3.85. The van der Waals surface area contributed by atoms with Crippen LogP contribution >= 0.6 is 0 Å². The van der Waals surface area contributed by atoms with Gasteiger partial charge >= 0.3 is 0 Å². The van der Waals surface area contributed by atoms with Crippen LogP contribution in [-0.2, 0) is 0 Å². The number of piperidine rings is 1. The zero-order valence-electron chi connectivity index (χ0n) is 9.63. The molecule has 2 heteroatoms. The molecule has 0 aromatic heterocycles. The molecule has 82 valence electrons. The van der Waals surface area contributed by atoms with Crippen molar-refractivity contribution in [1.82, 2.24) is 10.2 Å². The summed E-state index contributed by atoms with van der Waals surface area (Å²) in [4.78, 5) is 2.52. The van der Waals surface area contributed by atoms with Crippen LogP contribution in [0.15, 0.2) is 12.7 Å². The molecule has 14 heavy (non-hydrogen) atoms. The fourth-order valence-electron chi connectivity index (χ4n) is 2.06. The third kappa shape index (κ3) is 3.43. The first-order valence-corrected chi connectivity index (χ1v) is 5.85. The van der Waals surface area contributed by atoms with E-state index in [9.17, 15) is 0 Å². The highest BCUT2D eigenvalue weighted by Gasteiger charge is 2.20. The van der Waals surface area contributed by atoms with E-state index in [4.69, 9.17) is 0 Å². The van der Waals surface area contributed by atoms with E-state index in [0.29, 0.717) is 6.04 Å². The topological polar surface area (TPSA) is 15.3 Å². The van der Waals surface area contributed by atoms with E-state index in [0.717, 1.165) is 12.5 Å². The fourth-order valence-corrected chi connectivity index (χ4v) is 2.06. The summed E-state index contributed by atoms with van der Waals surface area (Å²) in [7, 11) is 0. The number of nitrogens with zero attached hydrogens (tertiary/aromatic N) is 1.